The lowest BCUT2D eigenvalue weighted by Crippen LogP contribution is -2.42. The molecule has 3 atom stereocenters. The molecule has 4 aromatic rings. The number of nitrogens with one attached hydrogen (secondary N) is 1. The number of sulfonamides is 1. The number of nitro groups is 1. The average Bonchev–Trinajstić information content (AvgIpc) is 2.89. The molecule has 6 nitrogen and oxygen atoms in total. The number of benzene rings is 4. The Kier molecular flexibility index (Phi) is 8.20. The maximum Gasteiger partial charge on any atom is 0.249 e. The zero-order chi connectivity index (χ0) is 25.5. The molecule has 0 aromatic heterocycles. The van der Waals surface area contributed by atoms with Crippen LogP contribution in [0.1, 0.15) is 28.0 Å². The molecule has 4 aromatic carbocycles. The summed E-state index contributed by atoms with van der Waals surface area (Å²) in [5, 5.41) is 12.1. The summed E-state index contributed by atoms with van der Waals surface area (Å²) in [5.74, 6) is 0. The lowest BCUT2D eigenvalue weighted by molar-refractivity contribution is -0.527. The van der Waals surface area contributed by atoms with E-state index in [9.17, 15) is 18.5 Å². The Morgan fingerprint density at radius 1 is 0.750 bits per heavy atom. The minimum absolute atomic E-state index is 0.0584. The number of rotatable bonds is 10. The largest absolute Gasteiger partial charge is 0.264 e. The molecule has 0 saturated carbocycles. The summed E-state index contributed by atoms with van der Waals surface area (Å²) in [6.07, 6.45) is 0. The van der Waals surface area contributed by atoms with Crippen molar-refractivity contribution in [2.45, 2.75) is 34.0 Å². The monoisotopic (exact) mass is 518 g/mol. The van der Waals surface area contributed by atoms with E-state index in [2.05, 4.69) is 4.72 Å². The van der Waals surface area contributed by atoms with Crippen molar-refractivity contribution >= 4 is 21.8 Å². The molecule has 0 aliphatic rings. The summed E-state index contributed by atoms with van der Waals surface area (Å²) < 4.78 is 29.5. The van der Waals surface area contributed by atoms with E-state index in [4.69, 9.17) is 0 Å². The molecular formula is C28H26N2O4S2. The zero-order valence-electron chi connectivity index (χ0n) is 19.6. The molecule has 8 heteroatoms. The van der Waals surface area contributed by atoms with E-state index in [0.717, 1.165) is 16.0 Å². The van der Waals surface area contributed by atoms with Crippen molar-refractivity contribution in [3.05, 3.63) is 142 Å². The topological polar surface area (TPSA) is 89.3 Å². The van der Waals surface area contributed by atoms with Crippen LogP contribution in [0.2, 0.25) is 0 Å². The van der Waals surface area contributed by atoms with Gasteiger partial charge in [0.05, 0.1) is 4.90 Å². The molecule has 0 heterocycles. The Bertz CT molecular complexity index is 1380. The molecule has 0 unspecified atom stereocenters. The van der Waals surface area contributed by atoms with Crippen LogP contribution < -0.4 is 4.72 Å². The maximum atomic E-state index is 13.4. The molecule has 0 saturated heterocycles. The molecule has 0 bridgehead atoms. The summed E-state index contributed by atoms with van der Waals surface area (Å²) in [5.41, 5.74) is 2.17. The molecule has 4 rings (SSSR count). The maximum absolute atomic E-state index is 13.4. The molecular weight excluding hydrogens is 492 g/mol. The Morgan fingerprint density at radius 2 is 1.25 bits per heavy atom. The van der Waals surface area contributed by atoms with Crippen LogP contribution in [-0.2, 0) is 10.0 Å². The van der Waals surface area contributed by atoms with Gasteiger partial charge in [-0.25, -0.2) is 8.42 Å². The van der Waals surface area contributed by atoms with E-state index < -0.39 is 27.4 Å². The third-order valence-electron chi connectivity index (χ3n) is 5.80. The highest BCUT2D eigenvalue weighted by molar-refractivity contribution is 7.99. The second-order valence-corrected chi connectivity index (χ2v) is 11.3. The van der Waals surface area contributed by atoms with Crippen LogP contribution in [0.3, 0.4) is 0 Å². The van der Waals surface area contributed by atoms with Crippen LogP contribution in [0.25, 0.3) is 0 Å². The normalized spacial score (nSPS) is 14.0. The highest BCUT2D eigenvalue weighted by Gasteiger charge is 2.43. The van der Waals surface area contributed by atoms with Crippen molar-refractivity contribution in [2.24, 2.45) is 0 Å². The van der Waals surface area contributed by atoms with Crippen LogP contribution in [-0.4, -0.2) is 19.4 Å². The fourth-order valence-corrected chi connectivity index (χ4v) is 6.52. The molecule has 0 aliphatic heterocycles. The van der Waals surface area contributed by atoms with Gasteiger partial charge in [0.25, 0.3) is 0 Å². The Balaban J connectivity index is 1.82. The van der Waals surface area contributed by atoms with Gasteiger partial charge in [-0.3, -0.25) is 10.1 Å². The van der Waals surface area contributed by atoms with E-state index in [0.29, 0.717) is 5.56 Å². The molecule has 0 aliphatic carbocycles. The minimum Gasteiger partial charge on any atom is -0.264 e. The number of thioether (sulfide) groups is 1. The van der Waals surface area contributed by atoms with E-state index in [1.807, 2.05) is 67.6 Å². The van der Waals surface area contributed by atoms with Gasteiger partial charge in [-0.05, 0) is 42.3 Å². The Labute approximate surface area is 215 Å². The average molecular weight is 519 g/mol. The number of hydrogen-bond donors (Lipinski definition) is 1. The van der Waals surface area contributed by atoms with Gasteiger partial charge < -0.3 is 0 Å². The van der Waals surface area contributed by atoms with Crippen molar-refractivity contribution < 1.29 is 13.3 Å². The standard InChI is InChI=1S/C28H26N2O4S2/c1-21-17-19-25(20-18-21)36(33,34)29-26(22-11-5-2-6-12-22)27(30(31)32)28(23-13-7-3-8-14-23)35-24-15-9-4-10-16-24/h2-20,26-29H,1H3/t26-,27-,28-/m0/s1. The van der Waals surface area contributed by atoms with Gasteiger partial charge in [-0.1, -0.05) is 96.6 Å². The van der Waals surface area contributed by atoms with Gasteiger partial charge in [0, 0.05) is 9.82 Å². The highest BCUT2D eigenvalue weighted by Crippen LogP contribution is 2.43. The first-order chi connectivity index (χ1) is 17.3. The Hall–Kier alpha value is -3.46. The fraction of sp³-hybridized carbons (Fsp3) is 0.143. The molecule has 184 valence electrons. The SMILES string of the molecule is Cc1ccc(S(=O)(=O)N[C@@H](c2ccccc2)[C@@H]([C@@H](Sc2ccccc2)c2ccccc2)[N+](=O)[O-])cc1. The third kappa shape index (κ3) is 6.20. The molecule has 0 radical (unpaired) electrons. The van der Waals surface area contributed by atoms with Gasteiger partial charge in [0.1, 0.15) is 11.3 Å². The molecule has 0 fully saturated rings. The lowest BCUT2D eigenvalue weighted by Gasteiger charge is -2.28. The first-order valence-electron chi connectivity index (χ1n) is 11.4. The van der Waals surface area contributed by atoms with Gasteiger partial charge >= 0.3 is 0 Å². The van der Waals surface area contributed by atoms with Crippen molar-refractivity contribution in [2.75, 3.05) is 0 Å². The highest BCUT2D eigenvalue weighted by atomic mass is 32.2. The van der Waals surface area contributed by atoms with E-state index in [-0.39, 0.29) is 9.82 Å². The molecule has 1 N–H and O–H groups in total. The number of aryl methyl sites for hydroxylation is 1. The van der Waals surface area contributed by atoms with Crippen molar-refractivity contribution in [3.63, 3.8) is 0 Å². The van der Waals surface area contributed by atoms with Crippen LogP contribution in [0, 0.1) is 17.0 Å². The molecule has 0 amide bonds. The zero-order valence-corrected chi connectivity index (χ0v) is 21.2. The van der Waals surface area contributed by atoms with Crippen LogP contribution in [0.4, 0.5) is 0 Å². The Morgan fingerprint density at radius 3 is 1.78 bits per heavy atom. The second kappa shape index (κ2) is 11.5. The summed E-state index contributed by atoms with van der Waals surface area (Å²) in [4.78, 5) is 13.3. The fourth-order valence-electron chi connectivity index (χ4n) is 3.98. The smallest absolute Gasteiger partial charge is 0.249 e. The lowest BCUT2D eigenvalue weighted by atomic mass is 9.94. The second-order valence-electron chi connectivity index (χ2n) is 8.36. The van der Waals surface area contributed by atoms with E-state index >= 15 is 0 Å². The molecule has 36 heavy (non-hydrogen) atoms. The first-order valence-corrected chi connectivity index (χ1v) is 13.8. The summed E-state index contributed by atoms with van der Waals surface area (Å²) in [6, 6.07) is 31.4. The van der Waals surface area contributed by atoms with Crippen LogP contribution in [0.15, 0.2) is 125 Å². The predicted molar refractivity (Wildman–Crippen MR) is 143 cm³/mol. The number of nitrogens with zero attached hydrogens (tertiary/aromatic N) is 1. The first kappa shape index (κ1) is 25.6. The van der Waals surface area contributed by atoms with Crippen molar-refractivity contribution in [1.82, 2.24) is 4.72 Å². The third-order valence-corrected chi connectivity index (χ3v) is 8.61. The van der Waals surface area contributed by atoms with Crippen molar-refractivity contribution in [3.8, 4) is 0 Å². The number of hydrogen-bond acceptors (Lipinski definition) is 5. The van der Waals surface area contributed by atoms with Crippen LogP contribution in [0.5, 0.6) is 0 Å². The summed E-state index contributed by atoms with van der Waals surface area (Å²) >= 11 is 1.35. The van der Waals surface area contributed by atoms with Gasteiger partial charge in [-0.15, -0.1) is 11.8 Å². The summed E-state index contributed by atoms with van der Waals surface area (Å²) in [6.45, 7) is 1.87. The van der Waals surface area contributed by atoms with Gasteiger partial charge in [0.15, 0.2) is 0 Å². The predicted octanol–water partition coefficient (Wildman–Crippen LogP) is 6.19. The quantitative estimate of drug-likeness (QED) is 0.154. The summed E-state index contributed by atoms with van der Waals surface area (Å²) in [7, 11) is -4.06. The molecule has 0 spiro atoms. The van der Waals surface area contributed by atoms with Crippen molar-refractivity contribution in [1.29, 1.82) is 0 Å². The van der Waals surface area contributed by atoms with E-state index in [1.54, 1.807) is 42.5 Å². The van der Waals surface area contributed by atoms with E-state index in [1.165, 1.54) is 23.9 Å². The minimum atomic E-state index is -4.06. The van der Waals surface area contributed by atoms with Crippen LogP contribution >= 0.6 is 11.8 Å². The van der Waals surface area contributed by atoms with Gasteiger partial charge in [0.2, 0.25) is 16.1 Å². The van der Waals surface area contributed by atoms with Gasteiger partial charge in [-0.2, -0.15) is 4.72 Å².